The third-order valence-electron chi connectivity index (χ3n) is 3.77. The van der Waals surface area contributed by atoms with E-state index in [-0.39, 0.29) is 11.6 Å². The van der Waals surface area contributed by atoms with Crippen molar-refractivity contribution in [3.8, 4) is 5.69 Å². The summed E-state index contributed by atoms with van der Waals surface area (Å²) in [6, 6.07) is 13.2. The number of hydrogen-bond donors (Lipinski definition) is 1. The molecule has 0 saturated heterocycles. The molecule has 1 aromatic heterocycles. The van der Waals surface area contributed by atoms with Gasteiger partial charge in [-0.05, 0) is 41.8 Å². The van der Waals surface area contributed by atoms with E-state index in [1.54, 1.807) is 29.1 Å². The number of aryl methyl sites for hydroxylation is 1. The number of carbonyl (C=O) groups excluding carboxylic acids is 1. The van der Waals surface area contributed by atoms with Crippen molar-refractivity contribution in [2.75, 3.05) is 0 Å². The van der Waals surface area contributed by atoms with Gasteiger partial charge >= 0.3 is 0 Å². The van der Waals surface area contributed by atoms with Crippen LogP contribution in [0.3, 0.4) is 0 Å². The van der Waals surface area contributed by atoms with E-state index in [0.717, 1.165) is 17.7 Å². The van der Waals surface area contributed by atoms with E-state index in [1.807, 2.05) is 24.3 Å². The molecule has 2 aromatic carbocycles. The lowest BCUT2D eigenvalue weighted by molar-refractivity contribution is 0.0946. The Morgan fingerprint density at radius 3 is 2.48 bits per heavy atom. The fourth-order valence-electron chi connectivity index (χ4n) is 2.30. The average Bonchev–Trinajstić information content (AvgIpc) is 3.13. The second-order valence-electron chi connectivity index (χ2n) is 5.50. The van der Waals surface area contributed by atoms with Crippen LogP contribution in [0.5, 0.6) is 0 Å². The maximum Gasteiger partial charge on any atom is 0.273 e. The molecule has 0 fully saturated rings. The Bertz CT molecular complexity index is 890. The van der Waals surface area contributed by atoms with E-state index in [9.17, 15) is 4.79 Å². The highest BCUT2D eigenvalue weighted by Gasteiger charge is 2.11. The summed E-state index contributed by atoms with van der Waals surface area (Å²) in [6.07, 6.45) is 2.57. The van der Waals surface area contributed by atoms with Gasteiger partial charge in [0.25, 0.3) is 5.91 Å². The van der Waals surface area contributed by atoms with Crippen molar-refractivity contribution in [3.63, 3.8) is 0 Å². The largest absolute Gasteiger partial charge is 0.347 e. The third kappa shape index (κ3) is 4.18. The van der Waals surface area contributed by atoms with Crippen LogP contribution in [0.1, 0.15) is 28.5 Å². The second kappa shape index (κ2) is 7.68. The Hall–Kier alpha value is -2.37. The Morgan fingerprint density at radius 1 is 1.08 bits per heavy atom. The van der Waals surface area contributed by atoms with Crippen LogP contribution >= 0.6 is 23.2 Å². The van der Waals surface area contributed by atoms with Crippen LogP contribution in [0.25, 0.3) is 5.69 Å². The highest BCUT2D eigenvalue weighted by atomic mass is 35.5. The monoisotopic (exact) mass is 374 g/mol. The summed E-state index contributed by atoms with van der Waals surface area (Å²) in [5.41, 5.74) is 3.20. The summed E-state index contributed by atoms with van der Waals surface area (Å²) in [4.78, 5) is 12.2. The molecule has 0 bridgehead atoms. The standard InChI is InChI=1S/C18H16Cl2N4O/c1-2-12-3-6-14(7-4-12)24-11-17(22-23-24)18(25)21-10-13-5-8-15(19)16(20)9-13/h3-9,11H,2,10H2,1H3,(H,21,25). The van der Waals surface area contributed by atoms with Gasteiger partial charge in [0.15, 0.2) is 5.69 Å². The number of amides is 1. The lowest BCUT2D eigenvalue weighted by Gasteiger charge is -2.04. The normalized spacial score (nSPS) is 10.7. The molecule has 0 radical (unpaired) electrons. The maximum atomic E-state index is 12.2. The second-order valence-corrected chi connectivity index (χ2v) is 6.31. The van der Waals surface area contributed by atoms with E-state index >= 15 is 0 Å². The van der Waals surface area contributed by atoms with Gasteiger partial charge < -0.3 is 5.32 Å². The first-order valence-electron chi connectivity index (χ1n) is 7.80. The molecular weight excluding hydrogens is 359 g/mol. The first-order chi connectivity index (χ1) is 12.1. The number of hydrogen-bond acceptors (Lipinski definition) is 3. The van der Waals surface area contributed by atoms with Crippen LogP contribution in [0.15, 0.2) is 48.7 Å². The zero-order valence-electron chi connectivity index (χ0n) is 13.5. The number of aromatic nitrogens is 3. The Kier molecular flexibility index (Phi) is 5.36. The average molecular weight is 375 g/mol. The van der Waals surface area contributed by atoms with Gasteiger partial charge in [-0.25, -0.2) is 4.68 Å². The number of nitrogens with one attached hydrogen (secondary N) is 1. The van der Waals surface area contributed by atoms with Crippen molar-refractivity contribution in [2.45, 2.75) is 19.9 Å². The van der Waals surface area contributed by atoms with Crippen LogP contribution < -0.4 is 5.32 Å². The van der Waals surface area contributed by atoms with Crippen molar-refractivity contribution < 1.29 is 4.79 Å². The van der Waals surface area contributed by atoms with Gasteiger partial charge in [0, 0.05) is 6.54 Å². The van der Waals surface area contributed by atoms with Crippen molar-refractivity contribution in [2.24, 2.45) is 0 Å². The maximum absolute atomic E-state index is 12.2. The van der Waals surface area contributed by atoms with Crippen LogP contribution in [-0.2, 0) is 13.0 Å². The van der Waals surface area contributed by atoms with Crippen molar-refractivity contribution in [3.05, 3.63) is 75.5 Å². The number of halogens is 2. The lowest BCUT2D eigenvalue weighted by atomic mass is 10.1. The predicted octanol–water partition coefficient (Wildman–Crippen LogP) is 4.07. The molecular formula is C18H16Cl2N4O. The van der Waals surface area contributed by atoms with E-state index in [2.05, 4.69) is 22.6 Å². The quantitative estimate of drug-likeness (QED) is 0.732. The minimum atomic E-state index is -0.303. The summed E-state index contributed by atoms with van der Waals surface area (Å²) in [7, 11) is 0. The molecule has 0 atom stereocenters. The lowest BCUT2D eigenvalue weighted by Crippen LogP contribution is -2.23. The van der Waals surface area contributed by atoms with E-state index in [4.69, 9.17) is 23.2 Å². The molecule has 0 aliphatic heterocycles. The Labute approximate surface area is 155 Å². The van der Waals surface area contributed by atoms with E-state index < -0.39 is 0 Å². The molecule has 128 valence electrons. The van der Waals surface area contributed by atoms with Crippen LogP contribution in [-0.4, -0.2) is 20.9 Å². The zero-order valence-corrected chi connectivity index (χ0v) is 15.1. The minimum Gasteiger partial charge on any atom is -0.347 e. The van der Waals surface area contributed by atoms with E-state index in [0.29, 0.717) is 16.6 Å². The molecule has 0 aliphatic carbocycles. The van der Waals surface area contributed by atoms with Gasteiger partial charge in [-0.3, -0.25) is 4.79 Å². The smallest absolute Gasteiger partial charge is 0.273 e. The summed E-state index contributed by atoms with van der Waals surface area (Å²) in [6.45, 7) is 2.43. The predicted molar refractivity (Wildman–Crippen MR) is 98.4 cm³/mol. The molecule has 0 unspecified atom stereocenters. The highest BCUT2D eigenvalue weighted by molar-refractivity contribution is 6.42. The third-order valence-corrected chi connectivity index (χ3v) is 4.51. The highest BCUT2D eigenvalue weighted by Crippen LogP contribution is 2.22. The van der Waals surface area contributed by atoms with Crippen LogP contribution in [0.4, 0.5) is 0 Å². The Morgan fingerprint density at radius 2 is 1.80 bits per heavy atom. The molecule has 3 aromatic rings. The summed E-state index contributed by atoms with van der Waals surface area (Å²) in [5.74, 6) is -0.303. The first kappa shape index (κ1) is 17.5. The fraction of sp³-hybridized carbons (Fsp3) is 0.167. The minimum absolute atomic E-state index is 0.250. The van der Waals surface area contributed by atoms with Gasteiger partial charge in [-0.2, -0.15) is 0 Å². The molecule has 1 N–H and O–H groups in total. The van der Waals surface area contributed by atoms with Gasteiger partial charge in [0.1, 0.15) is 0 Å². The topological polar surface area (TPSA) is 59.8 Å². The summed E-state index contributed by atoms with van der Waals surface area (Å²) in [5, 5.41) is 11.7. The number of rotatable bonds is 5. The molecule has 25 heavy (non-hydrogen) atoms. The Balaban J connectivity index is 1.66. The molecule has 0 spiro atoms. The fourth-order valence-corrected chi connectivity index (χ4v) is 2.62. The molecule has 1 amide bonds. The molecule has 3 rings (SSSR count). The van der Waals surface area contributed by atoms with Crippen LogP contribution in [0.2, 0.25) is 10.0 Å². The first-order valence-corrected chi connectivity index (χ1v) is 8.56. The molecule has 7 heteroatoms. The van der Waals surface area contributed by atoms with Gasteiger partial charge in [0.2, 0.25) is 0 Å². The zero-order chi connectivity index (χ0) is 17.8. The molecule has 0 saturated carbocycles. The summed E-state index contributed by atoms with van der Waals surface area (Å²) >= 11 is 11.8. The van der Waals surface area contributed by atoms with Crippen LogP contribution in [0, 0.1) is 0 Å². The van der Waals surface area contributed by atoms with Crippen molar-refractivity contribution in [1.29, 1.82) is 0 Å². The molecule has 1 heterocycles. The molecule has 5 nitrogen and oxygen atoms in total. The van der Waals surface area contributed by atoms with Gasteiger partial charge in [-0.15, -0.1) is 5.10 Å². The summed E-state index contributed by atoms with van der Waals surface area (Å²) < 4.78 is 1.58. The molecule has 0 aliphatic rings. The van der Waals surface area contributed by atoms with Crippen molar-refractivity contribution >= 4 is 29.1 Å². The van der Waals surface area contributed by atoms with Crippen molar-refractivity contribution in [1.82, 2.24) is 20.3 Å². The number of nitrogens with zero attached hydrogens (tertiary/aromatic N) is 3. The SMILES string of the molecule is CCc1ccc(-n2cc(C(=O)NCc3ccc(Cl)c(Cl)c3)nn2)cc1. The number of benzene rings is 2. The van der Waals surface area contributed by atoms with Gasteiger partial charge in [0.05, 0.1) is 21.9 Å². The van der Waals surface area contributed by atoms with E-state index in [1.165, 1.54) is 5.56 Å². The van der Waals surface area contributed by atoms with Gasteiger partial charge in [-0.1, -0.05) is 53.5 Å². The number of carbonyl (C=O) groups is 1.